The van der Waals surface area contributed by atoms with Gasteiger partial charge in [0.1, 0.15) is 24.4 Å². The van der Waals surface area contributed by atoms with Crippen molar-refractivity contribution in [2.75, 3.05) is 13.2 Å². The molecule has 1 aliphatic rings. The number of unbranched alkanes of at least 4 members (excludes halogenated alkanes) is 40. The summed E-state index contributed by atoms with van der Waals surface area (Å²) in [5.74, 6) is -1.20. The molecule has 528 valence electrons. The summed E-state index contributed by atoms with van der Waals surface area (Å²) in [6.07, 6.45) is 79.1. The van der Waals surface area contributed by atoms with E-state index in [0.717, 1.165) is 116 Å². The smallest absolute Gasteiger partial charge is 0.306 e. The first-order valence-electron chi connectivity index (χ1n) is 38.4. The Kier molecular flexibility index (Phi) is 63.1. The Labute approximate surface area is 559 Å². The fourth-order valence-corrected chi connectivity index (χ4v) is 11.8. The fraction of sp³-hybridized carbons (Fsp3) is 0.800. The maximum atomic E-state index is 13.5. The fourth-order valence-electron chi connectivity index (χ4n) is 11.8. The lowest BCUT2D eigenvalue weighted by Gasteiger charge is -2.41. The molecule has 11 nitrogen and oxygen atoms in total. The van der Waals surface area contributed by atoms with E-state index in [1.807, 2.05) is 6.08 Å². The number of aliphatic hydroxyl groups is 5. The zero-order valence-electron chi connectivity index (χ0n) is 59.0. The van der Waals surface area contributed by atoms with Crippen LogP contribution in [0.4, 0.5) is 0 Å². The van der Waals surface area contributed by atoms with E-state index >= 15 is 0 Å². The van der Waals surface area contributed by atoms with Crippen LogP contribution in [0.3, 0.4) is 0 Å². The lowest BCUT2D eigenvalue weighted by atomic mass is 9.99. The molecule has 8 unspecified atom stereocenters. The quantitative estimate of drug-likeness (QED) is 0.0195. The Balaban J connectivity index is 2.56. The van der Waals surface area contributed by atoms with Gasteiger partial charge < -0.3 is 45.1 Å². The molecular formula is C80H143NO10. The van der Waals surface area contributed by atoms with E-state index in [4.69, 9.17) is 14.2 Å². The minimum atomic E-state index is -1.62. The molecule has 1 amide bonds. The topological polar surface area (TPSA) is 175 Å². The molecule has 0 saturated carbocycles. The largest absolute Gasteiger partial charge is 0.454 e. The molecule has 1 rings (SSSR count). The molecule has 6 N–H and O–H groups in total. The van der Waals surface area contributed by atoms with Gasteiger partial charge in [0.15, 0.2) is 12.4 Å². The maximum absolute atomic E-state index is 13.5. The Hall–Kier alpha value is -3.16. The van der Waals surface area contributed by atoms with Crippen LogP contribution in [0.2, 0.25) is 0 Å². The summed E-state index contributed by atoms with van der Waals surface area (Å²) in [5.41, 5.74) is 0. The first-order chi connectivity index (χ1) is 44.7. The Morgan fingerprint density at radius 2 is 0.791 bits per heavy atom. The molecule has 0 aromatic rings. The van der Waals surface area contributed by atoms with E-state index in [0.29, 0.717) is 19.3 Å². The summed E-state index contributed by atoms with van der Waals surface area (Å²) in [4.78, 5) is 26.8. The molecule has 8 atom stereocenters. The van der Waals surface area contributed by atoms with E-state index in [1.54, 1.807) is 6.08 Å². The van der Waals surface area contributed by atoms with Crippen LogP contribution in [0.25, 0.3) is 0 Å². The number of hydrogen-bond donors (Lipinski definition) is 6. The van der Waals surface area contributed by atoms with Gasteiger partial charge in [-0.2, -0.15) is 0 Å². The summed E-state index contributed by atoms with van der Waals surface area (Å²) < 4.78 is 17.7. The van der Waals surface area contributed by atoms with Gasteiger partial charge in [0, 0.05) is 6.42 Å². The van der Waals surface area contributed by atoms with Crippen molar-refractivity contribution in [3.05, 3.63) is 85.1 Å². The lowest BCUT2D eigenvalue weighted by Crippen LogP contribution is -2.61. The van der Waals surface area contributed by atoms with Crippen LogP contribution >= 0.6 is 0 Å². The van der Waals surface area contributed by atoms with Gasteiger partial charge >= 0.3 is 5.97 Å². The minimum Gasteiger partial charge on any atom is -0.454 e. The molecule has 1 saturated heterocycles. The summed E-state index contributed by atoms with van der Waals surface area (Å²) in [7, 11) is 0. The third-order valence-electron chi connectivity index (χ3n) is 17.8. The number of ether oxygens (including phenoxy) is 3. The van der Waals surface area contributed by atoms with Gasteiger partial charge in [0.05, 0.1) is 25.4 Å². The molecule has 1 aliphatic heterocycles. The second-order valence-electron chi connectivity index (χ2n) is 26.4. The molecule has 1 fully saturated rings. The summed E-state index contributed by atoms with van der Waals surface area (Å²) in [5, 5.41) is 57.4. The van der Waals surface area contributed by atoms with Gasteiger partial charge in [-0.15, -0.1) is 0 Å². The van der Waals surface area contributed by atoms with Gasteiger partial charge in [-0.05, 0) is 77.0 Å². The van der Waals surface area contributed by atoms with Crippen LogP contribution in [0.15, 0.2) is 85.1 Å². The number of rotatable bonds is 66. The molecule has 0 aromatic carbocycles. The van der Waals surface area contributed by atoms with E-state index in [9.17, 15) is 35.1 Å². The minimum absolute atomic E-state index is 0.104. The van der Waals surface area contributed by atoms with Crippen LogP contribution in [-0.2, 0) is 23.8 Å². The van der Waals surface area contributed by atoms with Crippen molar-refractivity contribution in [3.63, 3.8) is 0 Å². The van der Waals surface area contributed by atoms with E-state index in [-0.39, 0.29) is 13.0 Å². The van der Waals surface area contributed by atoms with E-state index < -0.39 is 67.4 Å². The lowest BCUT2D eigenvalue weighted by molar-refractivity contribution is -0.305. The zero-order valence-corrected chi connectivity index (χ0v) is 59.0. The van der Waals surface area contributed by atoms with Crippen molar-refractivity contribution in [1.29, 1.82) is 0 Å². The molecule has 11 heteroatoms. The average molecular weight is 1280 g/mol. The van der Waals surface area contributed by atoms with Crippen molar-refractivity contribution in [2.45, 2.75) is 397 Å². The summed E-state index contributed by atoms with van der Waals surface area (Å²) in [6, 6.07) is -1.03. The first kappa shape index (κ1) is 85.9. The highest BCUT2D eigenvalue weighted by Crippen LogP contribution is 2.26. The van der Waals surface area contributed by atoms with Gasteiger partial charge in [0.25, 0.3) is 0 Å². The number of aliphatic hydroxyl groups excluding tert-OH is 5. The van der Waals surface area contributed by atoms with Crippen LogP contribution < -0.4 is 5.32 Å². The van der Waals surface area contributed by atoms with Gasteiger partial charge in [-0.3, -0.25) is 9.59 Å². The van der Waals surface area contributed by atoms with Crippen molar-refractivity contribution < 1.29 is 49.3 Å². The molecule has 0 radical (unpaired) electrons. The SMILES string of the molecule is CC/C=C\C/C=C\C/C=C\C/C=C\C/C=C\C/C=C\CCCCCCCCC(=O)OC1C(OCC(NC(=O)C(O)CCCCCCCCCCCCCCCCCCCCCCCCCC)C(O)/C=C/CCCCCCCCCCCCC)OC(CO)C(O)C1O. The van der Waals surface area contributed by atoms with Crippen molar-refractivity contribution in [3.8, 4) is 0 Å². The molecule has 0 bridgehead atoms. The van der Waals surface area contributed by atoms with E-state index in [1.165, 1.54) is 186 Å². The highest BCUT2D eigenvalue weighted by Gasteiger charge is 2.47. The number of allylic oxidation sites excluding steroid dienone is 13. The molecular weight excluding hydrogens is 1130 g/mol. The molecule has 91 heavy (non-hydrogen) atoms. The van der Waals surface area contributed by atoms with Crippen molar-refractivity contribution >= 4 is 11.9 Å². The summed E-state index contributed by atoms with van der Waals surface area (Å²) in [6.45, 7) is 5.72. The monoisotopic (exact) mass is 1280 g/mol. The number of nitrogens with one attached hydrogen (secondary N) is 1. The maximum Gasteiger partial charge on any atom is 0.306 e. The zero-order chi connectivity index (χ0) is 66.0. The number of esters is 1. The highest BCUT2D eigenvalue weighted by molar-refractivity contribution is 5.80. The summed E-state index contributed by atoms with van der Waals surface area (Å²) >= 11 is 0. The van der Waals surface area contributed by atoms with Crippen LogP contribution in [-0.4, -0.2) is 99.6 Å². The number of carbonyl (C=O) groups excluding carboxylic acids is 2. The number of carbonyl (C=O) groups is 2. The molecule has 1 heterocycles. The molecule has 0 aliphatic carbocycles. The predicted octanol–water partition coefficient (Wildman–Crippen LogP) is 20.4. The second kappa shape index (κ2) is 66.8. The van der Waals surface area contributed by atoms with Crippen molar-refractivity contribution in [1.82, 2.24) is 5.32 Å². The molecule has 0 aromatic heterocycles. The van der Waals surface area contributed by atoms with Gasteiger partial charge in [-0.1, -0.05) is 350 Å². The Bertz CT molecular complexity index is 1810. The third-order valence-corrected chi connectivity index (χ3v) is 17.8. The standard InChI is InChI=1S/C80H143NO10/c1-4-7-10-13-16-19-22-25-27-29-31-33-35-37-39-41-43-45-47-50-53-56-59-62-65-68-75(85)91-78-77(87)76(86)74(69-82)90-80(78)89-70-71(72(83)66-63-60-57-54-51-48-24-21-18-15-12-9-6-3)81-79(88)73(84)67-64-61-58-55-52-49-46-44-42-40-38-36-34-32-30-28-26-23-20-17-14-11-8-5-2/h7,10,16,19,25,27,31,33,37,39,43,45,63,66,71-74,76-78,80,82-84,86-87H,4-6,8-9,11-15,17-18,20-24,26,28-30,32,34-36,38,40-42,44,46-62,64-65,67-70H2,1-3H3,(H,81,88)/b10-7-,19-16-,27-25-,33-31-,39-37-,45-43-,66-63+. The van der Waals surface area contributed by atoms with Gasteiger partial charge in [-0.25, -0.2) is 0 Å². The predicted molar refractivity (Wildman–Crippen MR) is 384 cm³/mol. The van der Waals surface area contributed by atoms with Crippen LogP contribution in [0.5, 0.6) is 0 Å². The van der Waals surface area contributed by atoms with Crippen LogP contribution in [0, 0.1) is 0 Å². The number of hydrogen-bond acceptors (Lipinski definition) is 10. The Morgan fingerprint density at radius 1 is 0.440 bits per heavy atom. The first-order valence-corrected chi connectivity index (χ1v) is 38.4. The van der Waals surface area contributed by atoms with Crippen molar-refractivity contribution in [2.24, 2.45) is 0 Å². The number of amides is 1. The average Bonchev–Trinajstić information content (AvgIpc) is 1.09. The molecule has 0 spiro atoms. The third kappa shape index (κ3) is 53.7. The second-order valence-corrected chi connectivity index (χ2v) is 26.4. The van der Waals surface area contributed by atoms with Gasteiger partial charge in [0.2, 0.25) is 5.91 Å². The highest BCUT2D eigenvalue weighted by atomic mass is 16.7. The van der Waals surface area contributed by atoms with Crippen LogP contribution in [0.1, 0.15) is 348 Å². The normalized spacial score (nSPS) is 18.4. The Morgan fingerprint density at radius 3 is 1.19 bits per heavy atom. The van der Waals surface area contributed by atoms with E-state index in [2.05, 4.69) is 99.0 Å².